The van der Waals surface area contributed by atoms with Gasteiger partial charge < -0.3 is 9.88 Å². The minimum absolute atomic E-state index is 0.127. The van der Waals surface area contributed by atoms with E-state index in [1.54, 1.807) is 25.1 Å². The quantitative estimate of drug-likeness (QED) is 0.615. The van der Waals surface area contributed by atoms with Gasteiger partial charge in [0.05, 0.1) is 10.8 Å². The molecular formula is C22H30FN5O2S. The van der Waals surface area contributed by atoms with E-state index >= 15 is 0 Å². The van der Waals surface area contributed by atoms with Crippen LogP contribution in [-0.4, -0.2) is 38.0 Å². The van der Waals surface area contributed by atoms with Crippen molar-refractivity contribution >= 4 is 23.7 Å². The van der Waals surface area contributed by atoms with Crippen molar-refractivity contribution in [2.75, 3.05) is 0 Å². The van der Waals surface area contributed by atoms with Crippen LogP contribution in [0.3, 0.4) is 0 Å². The van der Waals surface area contributed by atoms with Crippen molar-refractivity contribution in [2.45, 2.75) is 75.9 Å². The Morgan fingerprint density at radius 3 is 2.55 bits per heavy atom. The fourth-order valence-electron chi connectivity index (χ4n) is 3.64. The van der Waals surface area contributed by atoms with Crippen molar-refractivity contribution in [1.82, 2.24) is 25.4 Å². The first kappa shape index (κ1) is 23.2. The van der Waals surface area contributed by atoms with Gasteiger partial charge in [-0.1, -0.05) is 57.0 Å². The standard InChI is InChI=1S/C22H30FN5O2S/c1-14(2)13-28-19(17-11-7-8-12-18(17)23)26-27-22(28)31-15(3)20(29)25-21(30)24-16-9-5-4-6-10-16/h7-8,11-12,14-16H,4-6,9-10,13H2,1-3H3,(H2,24,25,29,30)/t15-/m1/s1. The molecule has 3 rings (SSSR count). The van der Waals surface area contributed by atoms with Crippen molar-refractivity contribution < 1.29 is 14.0 Å². The molecule has 1 saturated carbocycles. The van der Waals surface area contributed by atoms with Crippen molar-refractivity contribution in [1.29, 1.82) is 0 Å². The number of carbonyl (C=O) groups is 2. The number of carbonyl (C=O) groups excluding carboxylic acids is 2. The van der Waals surface area contributed by atoms with E-state index in [0.29, 0.717) is 23.1 Å². The molecule has 168 valence electrons. The number of hydrogen-bond donors (Lipinski definition) is 2. The molecule has 1 aliphatic rings. The van der Waals surface area contributed by atoms with Gasteiger partial charge in [-0.05, 0) is 37.8 Å². The summed E-state index contributed by atoms with van der Waals surface area (Å²) in [6.07, 6.45) is 5.28. The summed E-state index contributed by atoms with van der Waals surface area (Å²) >= 11 is 1.20. The molecule has 3 amide bonds. The van der Waals surface area contributed by atoms with Gasteiger partial charge in [-0.2, -0.15) is 0 Å². The number of nitrogens with zero attached hydrogens (tertiary/aromatic N) is 3. The molecule has 0 saturated heterocycles. The van der Waals surface area contributed by atoms with E-state index in [0.717, 1.165) is 25.7 Å². The van der Waals surface area contributed by atoms with Crippen LogP contribution in [0.15, 0.2) is 29.4 Å². The van der Waals surface area contributed by atoms with Crippen LogP contribution in [0.2, 0.25) is 0 Å². The van der Waals surface area contributed by atoms with E-state index in [2.05, 4.69) is 20.8 Å². The van der Waals surface area contributed by atoms with Crippen LogP contribution < -0.4 is 10.6 Å². The lowest BCUT2D eigenvalue weighted by Crippen LogP contribution is -2.47. The van der Waals surface area contributed by atoms with Crippen molar-refractivity contribution in [3.8, 4) is 11.4 Å². The molecule has 0 bridgehead atoms. The van der Waals surface area contributed by atoms with Gasteiger partial charge in [0, 0.05) is 12.6 Å². The molecule has 1 heterocycles. The minimum atomic E-state index is -0.569. The third-order valence-corrected chi connectivity index (χ3v) is 6.29. The normalized spacial score (nSPS) is 15.6. The van der Waals surface area contributed by atoms with Crippen LogP contribution in [0.25, 0.3) is 11.4 Å². The number of nitrogens with one attached hydrogen (secondary N) is 2. The summed E-state index contributed by atoms with van der Waals surface area (Å²) in [7, 11) is 0. The number of amides is 3. The third-order valence-electron chi connectivity index (χ3n) is 5.21. The van der Waals surface area contributed by atoms with Crippen molar-refractivity contribution in [3.63, 3.8) is 0 Å². The molecule has 0 spiro atoms. The molecular weight excluding hydrogens is 417 g/mol. The Labute approximate surface area is 186 Å². The number of urea groups is 1. The maximum atomic E-state index is 14.3. The fraction of sp³-hybridized carbons (Fsp3) is 0.545. The summed E-state index contributed by atoms with van der Waals surface area (Å²) in [6, 6.07) is 6.10. The summed E-state index contributed by atoms with van der Waals surface area (Å²) < 4.78 is 16.2. The first-order valence-corrected chi connectivity index (χ1v) is 11.7. The summed E-state index contributed by atoms with van der Waals surface area (Å²) in [5.41, 5.74) is 0.367. The molecule has 1 aromatic carbocycles. The Balaban J connectivity index is 1.68. The van der Waals surface area contributed by atoms with Gasteiger partial charge in [0.2, 0.25) is 5.91 Å². The molecule has 7 nitrogen and oxygen atoms in total. The molecule has 2 aromatic rings. The number of imide groups is 1. The van der Waals surface area contributed by atoms with E-state index in [4.69, 9.17) is 0 Å². The van der Waals surface area contributed by atoms with E-state index in [9.17, 15) is 14.0 Å². The lowest BCUT2D eigenvalue weighted by molar-refractivity contribution is -0.119. The lowest BCUT2D eigenvalue weighted by Gasteiger charge is -2.23. The average Bonchev–Trinajstić information content (AvgIpc) is 3.10. The SMILES string of the molecule is CC(C)Cn1c(S[C@H](C)C(=O)NC(=O)NC2CCCCC2)nnc1-c1ccccc1F. The summed E-state index contributed by atoms with van der Waals surface area (Å²) in [4.78, 5) is 24.7. The second-order valence-electron chi connectivity index (χ2n) is 8.35. The van der Waals surface area contributed by atoms with Gasteiger partial charge in [-0.25, -0.2) is 9.18 Å². The highest BCUT2D eigenvalue weighted by molar-refractivity contribution is 8.00. The molecule has 0 unspecified atom stereocenters. The monoisotopic (exact) mass is 447 g/mol. The third kappa shape index (κ3) is 6.29. The van der Waals surface area contributed by atoms with Gasteiger partial charge in [-0.3, -0.25) is 10.1 Å². The molecule has 0 radical (unpaired) electrons. The maximum Gasteiger partial charge on any atom is 0.321 e. The summed E-state index contributed by atoms with van der Waals surface area (Å²) in [5.74, 6) is -0.0743. The van der Waals surface area contributed by atoms with Gasteiger partial charge in [0.1, 0.15) is 5.82 Å². The maximum absolute atomic E-state index is 14.3. The topological polar surface area (TPSA) is 88.9 Å². The Kier molecular flexibility index (Phi) is 8.06. The average molecular weight is 448 g/mol. The molecule has 9 heteroatoms. The number of hydrogen-bond acceptors (Lipinski definition) is 5. The first-order chi connectivity index (χ1) is 14.8. The zero-order valence-corrected chi connectivity index (χ0v) is 19.0. The molecule has 31 heavy (non-hydrogen) atoms. The van der Waals surface area contributed by atoms with Crippen molar-refractivity contribution in [2.24, 2.45) is 5.92 Å². The van der Waals surface area contributed by atoms with Crippen LogP contribution in [0, 0.1) is 11.7 Å². The summed E-state index contributed by atoms with van der Waals surface area (Å²) in [5, 5.41) is 13.7. The molecule has 1 atom stereocenters. The number of benzene rings is 1. The van der Waals surface area contributed by atoms with E-state index in [-0.39, 0.29) is 17.8 Å². The molecule has 1 aliphatic carbocycles. The van der Waals surface area contributed by atoms with E-state index < -0.39 is 17.2 Å². The van der Waals surface area contributed by atoms with E-state index in [1.807, 2.05) is 18.4 Å². The predicted molar refractivity (Wildman–Crippen MR) is 119 cm³/mol. The summed E-state index contributed by atoms with van der Waals surface area (Å²) in [6.45, 7) is 6.39. The fourth-order valence-corrected chi connectivity index (χ4v) is 4.50. The zero-order valence-electron chi connectivity index (χ0n) is 18.2. The minimum Gasteiger partial charge on any atom is -0.335 e. The van der Waals surface area contributed by atoms with Crippen LogP contribution in [-0.2, 0) is 11.3 Å². The first-order valence-electron chi connectivity index (χ1n) is 10.8. The van der Waals surface area contributed by atoms with Crippen LogP contribution in [0.1, 0.15) is 52.9 Å². The highest BCUT2D eigenvalue weighted by atomic mass is 32.2. The van der Waals surface area contributed by atoms with Gasteiger partial charge in [0.25, 0.3) is 0 Å². The molecule has 1 aromatic heterocycles. The van der Waals surface area contributed by atoms with Gasteiger partial charge in [-0.15, -0.1) is 10.2 Å². The number of halogens is 1. The highest BCUT2D eigenvalue weighted by Gasteiger charge is 2.24. The smallest absolute Gasteiger partial charge is 0.321 e. The van der Waals surface area contributed by atoms with Crippen LogP contribution in [0.5, 0.6) is 0 Å². The Hall–Kier alpha value is -2.42. The number of thioether (sulfide) groups is 1. The Morgan fingerprint density at radius 1 is 1.16 bits per heavy atom. The van der Waals surface area contributed by atoms with Crippen molar-refractivity contribution in [3.05, 3.63) is 30.1 Å². The van der Waals surface area contributed by atoms with E-state index in [1.165, 1.54) is 24.2 Å². The van der Waals surface area contributed by atoms with Crippen LogP contribution in [0.4, 0.5) is 9.18 Å². The number of rotatable bonds is 7. The molecule has 2 N–H and O–H groups in total. The largest absolute Gasteiger partial charge is 0.335 e. The Morgan fingerprint density at radius 2 is 1.87 bits per heavy atom. The molecule has 1 fully saturated rings. The second-order valence-corrected chi connectivity index (χ2v) is 9.66. The lowest BCUT2D eigenvalue weighted by atomic mass is 9.96. The predicted octanol–water partition coefficient (Wildman–Crippen LogP) is 4.38. The second kappa shape index (κ2) is 10.7. The van der Waals surface area contributed by atoms with Gasteiger partial charge in [0.15, 0.2) is 11.0 Å². The molecule has 0 aliphatic heterocycles. The zero-order chi connectivity index (χ0) is 22.4. The Bertz CT molecular complexity index is 911. The highest BCUT2D eigenvalue weighted by Crippen LogP contribution is 2.29. The number of aromatic nitrogens is 3. The van der Waals surface area contributed by atoms with Gasteiger partial charge >= 0.3 is 6.03 Å². The van der Waals surface area contributed by atoms with Crippen LogP contribution >= 0.6 is 11.8 Å².